The Morgan fingerprint density at radius 2 is 1.75 bits per heavy atom. The fourth-order valence-corrected chi connectivity index (χ4v) is 1.99. The predicted molar refractivity (Wildman–Crippen MR) is 71.7 cm³/mol. The van der Waals surface area contributed by atoms with Crippen molar-refractivity contribution in [3.8, 4) is 0 Å². The summed E-state index contributed by atoms with van der Waals surface area (Å²) in [7, 11) is 0. The van der Waals surface area contributed by atoms with Crippen LogP contribution in [0.3, 0.4) is 0 Å². The summed E-state index contributed by atoms with van der Waals surface area (Å²) in [6.07, 6.45) is 10.4. The highest BCUT2D eigenvalue weighted by Crippen LogP contribution is 2.11. The number of hydrogen-bond donors (Lipinski definition) is 0. The zero-order valence-corrected chi connectivity index (χ0v) is 10.9. The van der Waals surface area contributed by atoms with Crippen LogP contribution in [0.4, 0.5) is 0 Å². The second-order valence-electron chi connectivity index (χ2n) is 4.64. The number of benzene rings is 1. The molecule has 0 amide bonds. The molecule has 0 saturated heterocycles. The molecule has 0 atom stereocenters. The van der Waals surface area contributed by atoms with Crippen molar-refractivity contribution < 1.29 is 0 Å². The van der Waals surface area contributed by atoms with E-state index in [-0.39, 0.29) is 0 Å². The third kappa shape index (κ3) is 5.34. The molecule has 0 nitrogen and oxygen atoms in total. The fourth-order valence-electron chi connectivity index (χ4n) is 1.99. The summed E-state index contributed by atoms with van der Waals surface area (Å²) in [6, 6.07) is 10.0. The molecule has 1 rings (SSSR count). The van der Waals surface area contributed by atoms with Crippen molar-refractivity contribution in [2.75, 3.05) is 0 Å². The molecule has 1 radical (unpaired) electrons. The minimum Gasteiger partial charge on any atom is -0.0654 e. The summed E-state index contributed by atoms with van der Waals surface area (Å²) in [4.78, 5) is 0. The molecule has 0 heteroatoms. The topological polar surface area (TPSA) is 0 Å². The van der Waals surface area contributed by atoms with Gasteiger partial charge in [-0.3, -0.25) is 0 Å². The van der Waals surface area contributed by atoms with E-state index in [1.165, 1.54) is 62.5 Å². The molecule has 0 unspecified atom stereocenters. The van der Waals surface area contributed by atoms with Crippen LogP contribution in [0.15, 0.2) is 18.2 Å². The van der Waals surface area contributed by atoms with Gasteiger partial charge >= 0.3 is 0 Å². The van der Waals surface area contributed by atoms with Gasteiger partial charge < -0.3 is 0 Å². The molecule has 16 heavy (non-hydrogen) atoms. The van der Waals surface area contributed by atoms with E-state index < -0.39 is 0 Å². The number of unbranched alkanes of at least 4 members (excludes halogenated alkanes) is 4. The van der Waals surface area contributed by atoms with Gasteiger partial charge in [0.25, 0.3) is 0 Å². The second-order valence-corrected chi connectivity index (χ2v) is 4.64. The van der Waals surface area contributed by atoms with Crippen LogP contribution in [-0.4, -0.2) is 0 Å². The molecule has 0 fully saturated rings. The van der Waals surface area contributed by atoms with Crippen molar-refractivity contribution in [1.29, 1.82) is 0 Å². The molecule has 0 aliphatic rings. The Morgan fingerprint density at radius 1 is 0.938 bits per heavy atom. The van der Waals surface area contributed by atoms with Crippen LogP contribution in [0.1, 0.15) is 63.5 Å². The minimum atomic E-state index is 1.21. The summed E-state index contributed by atoms with van der Waals surface area (Å²) in [5.41, 5.74) is 2.90. The molecule has 0 aliphatic heterocycles. The highest BCUT2D eigenvalue weighted by Gasteiger charge is 1.97. The van der Waals surface area contributed by atoms with E-state index in [0.29, 0.717) is 0 Å². The monoisotopic (exact) mass is 217 g/mol. The van der Waals surface area contributed by atoms with Gasteiger partial charge in [0.2, 0.25) is 0 Å². The van der Waals surface area contributed by atoms with Crippen molar-refractivity contribution in [3.05, 3.63) is 35.4 Å². The van der Waals surface area contributed by atoms with E-state index >= 15 is 0 Å². The second kappa shape index (κ2) is 8.38. The third-order valence-corrected chi connectivity index (χ3v) is 3.04. The van der Waals surface area contributed by atoms with Gasteiger partial charge in [-0.2, -0.15) is 0 Å². The average molecular weight is 217 g/mol. The van der Waals surface area contributed by atoms with Crippen molar-refractivity contribution >= 4 is 0 Å². The van der Waals surface area contributed by atoms with Crippen molar-refractivity contribution in [1.82, 2.24) is 0 Å². The van der Waals surface area contributed by atoms with Gasteiger partial charge in [-0.15, -0.1) is 0 Å². The molecule has 0 aromatic heterocycles. The first kappa shape index (κ1) is 13.3. The Labute approximate surface area is 101 Å². The van der Waals surface area contributed by atoms with Gasteiger partial charge in [0.15, 0.2) is 0 Å². The lowest BCUT2D eigenvalue weighted by Gasteiger charge is -2.04. The predicted octanol–water partition coefficient (Wildman–Crippen LogP) is 4.95. The molecule has 0 bridgehead atoms. The molecule has 89 valence electrons. The van der Waals surface area contributed by atoms with Crippen molar-refractivity contribution in [2.24, 2.45) is 0 Å². The Hall–Kier alpha value is -0.780. The maximum Gasteiger partial charge on any atom is -0.0149 e. The standard InChI is InChI=1S/C16H25/c1-3-5-7-8-11-16-13-9-12-15(14-16)10-6-4-2/h9,12,14H,3-8,10-11H2,1-2H3. The number of rotatable bonds is 8. The van der Waals surface area contributed by atoms with Gasteiger partial charge in [0.1, 0.15) is 0 Å². The molecule has 0 heterocycles. The fraction of sp³-hybridized carbons (Fsp3) is 0.625. The summed E-state index contributed by atoms with van der Waals surface area (Å²) < 4.78 is 0. The molecule has 1 aromatic rings. The Kier molecular flexibility index (Phi) is 6.96. The zero-order chi connectivity index (χ0) is 11.6. The maximum absolute atomic E-state index is 3.36. The Morgan fingerprint density at radius 3 is 2.50 bits per heavy atom. The molecule has 0 spiro atoms. The number of aryl methyl sites for hydroxylation is 2. The normalized spacial score (nSPS) is 10.6. The summed E-state index contributed by atoms with van der Waals surface area (Å²) in [5.74, 6) is 0. The molecular weight excluding hydrogens is 192 g/mol. The van der Waals surface area contributed by atoms with Crippen LogP contribution in [-0.2, 0) is 12.8 Å². The molecule has 1 aromatic carbocycles. The maximum atomic E-state index is 3.36. The van der Waals surface area contributed by atoms with Crippen LogP contribution in [0.2, 0.25) is 0 Å². The quantitative estimate of drug-likeness (QED) is 0.540. The van der Waals surface area contributed by atoms with Crippen LogP contribution >= 0.6 is 0 Å². The highest BCUT2D eigenvalue weighted by atomic mass is 14.0. The molecular formula is C16H25. The minimum absolute atomic E-state index is 1.21. The van der Waals surface area contributed by atoms with E-state index in [0.717, 1.165) is 0 Å². The first-order valence-corrected chi connectivity index (χ1v) is 6.86. The lowest BCUT2D eigenvalue weighted by atomic mass is 10.0. The van der Waals surface area contributed by atoms with Gasteiger partial charge in [0.05, 0.1) is 0 Å². The zero-order valence-electron chi connectivity index (χ0n) is 10.9. The summed E-state index contributed by atoms with van der Waals surface area (Å²) in [5, 5.41) is 0. The van der Waals surface area contributed by atoms with Crippen LogP contribution in [0.5, 0.6) is 0 Å². The Balaban J connectivity index is 2.35. The molecule has 0 aliphatic carbocycles. The van der Waals surface area contributed by atoms with Crippen LogP contribution in [0, 0.1) is 6.07 Å². The Bertz CT molecular complexity index is 275. The first-order chi connectivity index (χ1) is 7.86. The largest absolute Gasteiger partial charge is 0.0654 e. The van der Waals surface area contributed by atoms with E-state index in [1.807, 2.05) is 0 Å². The lowest BCUT2D eigenvalue weighted by molar-refractivity contribution is 0.666. The van der Waals surface area contributed by atoms with Crippen molar-refractivity contribution in [3.63, 3.8) is 0 Å². The van der Waals surface area contributed by atoms with E-state index in [1.54, 1.807) is 0 Å². The summed E-state index contributed by atoms with van der Waals surface area (Å²) >= 11 is 0. The molecule has 0 saturated carbocycles. The van der Waals surface area contributed by atoms with Gasteiger partial charge in [-0.05, 0) is 42.9 Å². The van der Waals surface area contributed by atoms with Crippen molar-refractivity contribution in [2.45, 2.75) is 65.2 Å². The van der Waals surface area contributed by atoms with Crippen LogP contribution < -0.4 is 0 Å². The third-order valence-electron chi connectivity index (χ3n) is 3.04. The van der Waals surface area contributed by atoms with Gasteiger partial charge in [-0.25, -0.2) is 0 Å². The average Bonchev–Trinajstić information content (AvgIpc) is 2.33. The van der Waals surface area contributed by atoms with E-state index in [4.69, 9.17) is 0 Å². The molecule has 0 N–H and O–H groups in total. The smallest absolute Gasteiger partial charge is 0.0149 e. The summed E-state index contributed by atoms with van der Waals surface area (Å²) in [6.45, 7) is 4.51. The lowest BCUT2D eigenvalue weighted by Crippen LogP contribution is -1.90. The van der Waals surface area contributed by atoms with E-state index in [9.17, 15) is 0 Å². The SMILES string of the molecule is CCCCCCc1[c]ccc(CCCC)c1. The van der Waals surface area contributed by atoms with Gasteiger partial charge in [0, 0.05) is 0 Å². The first-order valence-electron chi connectivity index (χ1n) is 6.86. The van der Waals surface area contributed by atoms with Gasteiger partial charge in [-0.1, -0.05) is 57.7 Å². The van der Waals surface area contributed by atoms with E-state index in [2.05, 4.69) is 38.1 Å². The van der Waals surface area contributed by atoms with Crippen LogP contribution in [0.25, 0.3) is 0 Å². The number of hydrogen-bond acceptors (Lipinski definition) is 0. The highest BCUT2D eigenvalue weighted by molar-refractivity contribution is 5.22.